The Morgan fingerprint density at radius 3 is 2.52 bits per heavy atom. The Bertz CT molecular complexity index is 1020. The Morgan fingerprint density at radius 2 is 1.96 bits per heavy atom. The number of carbonyl (C=O) groups is 1. The standard InChI is InChI=1S/C16H22N6O3/c1-7-21-12(23)9-11(19-14(17-9)16(4,5)6)22-15(21)18-10(20-22)13(24)25-8(2)3/h8H,7H2,1-6H3,(H,17,19). The summed E-state index contributed by atoms with van der Waals surface area (Å²) in [6.07, 6.45) is -0.287. The number of aromatic amines is 1. The van der Waals surface area contributed by atoms with Crippen molar-refractivity contribution in [2.45, 2.75) is 59.6 Å². The second-order valence-corrected chi connectivity index (χ2v) is 7.18. The molecule has 25 heavy (non-hydrogen) atoms. The fourth-order valence-corrected chi connectivity index (χ4v) is 2.51. The topological polar surface area (TPSA) is 107 Å². The molecule has 0 atom stereocenters. The Hall–Kier alpha value is -2.71. The first-order chi connectivity index (χ1) is 11.6. The van der Waals surface area contributed by atoms with Crippen LogP contribution < -0.4 is 5.56 Å². The molecule has 0 fully saturated rings. The van der Waals surface area contributed by atoms with E-state index in [-0.39, 0.29) is 28.7 Å². The third-order valence-corrected chi connectivity index (χ3v) is 3.73. The van der Waals surface area contributed by atoms with Crippen molar-refractivity contribution in [1.82, 2.24) is 29.1 Å². The molecule has 0 aliphatic carbocycles. The van der Waals surface area contributed by atoms with Crippen LogP contribution in [-0.2, 0) is 16.7 Å². The molecule has 3 rings (SSSR count). The van der Waals surface area contributed by atoms with E-state index in [1.807, 2.05) is 27.7 Å². The number of hydrogen-bond donors (Lipinski definition) is 1. The van der Waals surface area contributed by atoms with Gasteiger partial charge in [-0.2, -0.15) is 9.50 Å². The molecule has 0 aliphatic heterocycles. The van der Waals surface area contributed by atoms with Crippen LogP contribution in [0.5, 0.6) is 0 Å². The van der Waals surface area contributed by atoms with Gasteiger partial charge < -0.3 is 9.72 Å². The molecular weight excluding hydrogens is 324 g/mol. The molecule has 3 heterocycles. The van der Waals surface area contributed by atoms with Gasteiger partial charge in [-0.15, -0.1) is 5.10 Å². The van der Waals surface area contributed by atoms with Crippen LogP contribution in [0.15, 0.2) is 4.79 Å². The first kappa shape index (κ1) is 17.1. The van der Waals surface area contributed by atoms with Crippen LogP contribution in [-0.4, -0.2) is 41.2 Å². The number of H-pyrrole nitrogens is 1. The van der Waals surface area contributed by atoms with Crippen LogP contribution >= 0.6 is 0 Å². The van der Waals surface area contributed by atoms with Gasteiger partial charge >= 0.3 is 5.97 Å². The number of aryl methyl sites for hydroxylation is 1. The zero-order valence-electron chi connectivity index (χ0n) is 15.2. The maximum Gasteiger partial charge on any atom is 0.378 e. The minimum Gasteiger partial charge on any atom is -0.457 e. The SMILES string of the molecule is CCn1c(=O)c2[nH]c(C(C)(C)C)nc2n2nc(C(=O)OC(C)C)nc12. The summed E-state index contributed by atoms with van der Waals surface area (Å²) >= 11 is 0. The van der Waals surface area contributed by atoms with Crippen molar-refractivity contribution in [3.8, 4) is 0 Å². The zero-order chi connectivity index (χ0) is 18.5. The summed E-state index contributed by atoms with van der Waals surface area (Å²) in [5, 5.41) is 4.23. The summed E-state index contributed by atoms with van der Waals surface area (Å²) in [7, 11) is 0. The quantitative estimate of drug-likeness (QED) is 0.723. The summed E-state index contributed by atoms with van der Waals surface area (Å²) in [5.41, 5.74) is 0.178. The molecule has 9 nitrogen and oxygen atoms in total. The number of nitrogens with zero attached hydrogens (tertiary/aromatic N) is 5. The predicted molar refractivity (Wildman–Crippen MR) is 91.8 cm³/mol. The van der Waals surface area contributed by atoms with Crippen molar-refractivity contribution < 1.29 is 9.53 Å². The van der Waals surface area contributed by atoms with Gasteiger partial charge in [-0.1, -0.05) is 20.8 Å². The molecule has 0 aromatic carbocycles. The third-order valence-electron chi connectivity index (χ3n) is 3.73. The fraction of sp³-hybridized carbons (Fsp3) is 0.562. The highest BCUT2D eigenvalue weighted by Crippen LogP contribution is 2.21. The highest BCUT2D eigenvalue weighted by atomic mass is 16.5. The van der Waals surface area contributed by atoms with Crippen LogP contribution in [0, 0.1) is 0 Å². The average molecular weight is 346 g/mol. The molecule has 0 aliphatic rings. The number of ether oxygens (including phenoxy) is 1. The lowest BCUT2D eigenvalue weighted by Crippen LogP contribution is -2.22. The van der Waals surface area contributed by atoms with E-state index in [1.165, 1.54) is 9.08 Å². The van der Waals surface area contributed by atoms with Crippen molar-refractivity contribution in [2.24, 2.45) is 0 Å². The highest BCUT2D eigenvalue weighted by molar-refractivity contribution is 5.86. The first-order valence-corrected chi connectivity index (χ1v) is 8.24. The molecule has 3 aromatic heterocycles. The minimum absolute atomic E-state index is 0.0943. The largest absolute Gasteiger partial charge is 0.457 e. The lowest BCUT2D eigenvalue weighted by Gasteiger charge is -2.13. The van der Waals surface area contributed by atoms with E-state index in [0.717, 1.165) is 0 Å². The number of esters is 1. The van der Waals surface area contributed by atoms with Crippen LogP contribution in [0.3, 0.4) is 0 Å². The van der Waals surface area contributed by atoms with Crippen molar-refractivity contribution in [1.29, 1.82) is 0 Å². The summed E-state index contributed by atoms with van der Waals surface area (Å²) in [6.45, 7) is 11.7. The molecule has 0 saturated heterocycles. The van der Waals surface area contributed by atoms with Crippen molar-refractivity contribution >= 4 is 22.9 Å². The lowest BCUT2D eigenvalue weighted by atomic mass is 9.96. The van der Waals surface area contributed by atoms with Crippen LogP contribution in [0.1, 0.15) is 58.0 Å². The molecule has 3 aromatic rings. The molecule has 134 valence electrons. The molecule has 9 heteroatoms. The fourth-order valence-electron chi connectivity index (χ4n) is 2.51. The highest BCUT2D eigenvalue weighted by Gasteiger charge is 2.25. The van der Waals surface area contributed by atoms with Gasteiger partial charge in [-0.25, -0.2) is 9.78 Å². The smallest absolute Gasteiger partial charge is 0.378 e. The van der Waals surface area contributed by atoms with Crippen LogP contribution in [0.25, 0.3) is 16.9 Å². The Morgan fingerprint density at radius 1 is 1.28 bits per heavy atom. The summed E-state index contributed by atoms with van der Waals surface area (Å²) < 4.78 is 8.02. The van der Waals surface area contributed by atoms with E-state index < -0.39 is 5.97 Å². The number of fused-ring (bicyclic) bond motifs is 3. The number of carbonyl (C=O) groups excluding carboxylic acids is 1. The Labute approximate surface area is 144 Å². The van der Waals surface area contributed by atoms with E-state index in [1.54, 1.807) is 13.8 Å². The summed E-state index contributed by atoms with van der Waals surface area (Å²) in [5.74, 6) is 0.205. The van der Waals surface area contributed by atoms with Crippen molar-refractivity contribution in [2.75, 3.05) is 0 Å². The number of nitrogens with one attached hydrogen (secondary N) is 1. The van der Waals surface area contributed by atoms with E-state index in [0.29, 0.717) is 23.5 Å². The van der Waals surface area contributed by atoms with Gasteiger partial charge in [0.05, 0.1) is 6.10 Å². The molecular formula is C16H22N6O3. The Balaban J connectivity index is 2.33. The summed E-state index contributed by atoms with van der Waals surface area (Å²) in [4.78, 5) is 36.7. The van der Waals surface area contributed by atoms with E-state index in [2.05, 4.69) is 20.1 Å². The van der Waals surface area contributed by atoms with E-state index in [9.17, 15) is 9.59 Å². The normalized spacial score (nSPS) is 12.4. The van der Waals surface area contributed by atoms with Gasteiger partial charge in [0.1, 0.15) is 5.82 Å². The molecule has 0 spiro atoms. The average Bonchev–Trinajstić information content (AvgIpc) is 3.10. The van der Waals surface area contributed by atoms with Crippen molar-refractivity contribution in [3.05, 3.63) is 22.0 Å². The van der Waals surface area contributed by atoms with Crippen molar-refractivity contribution in [3.63, 3.8) is 0 Å². The number of aromatic nitrogens is 6. The van der Waals surface area contributed by atoms with Gasteiger partial charge in [0.15, 0.2) is 11.2 Å². The van der Waals surface area contributed by atoms with Crippen LogP contribution in [0.2, 0.25) is 0 Å². The second kappa shape index (κ2) is 5.68. The summed E-state index contributed by atoms with van der Waals surface area (Å²) in [6, 6.07) is 0. The van der Waals surface area contributed by atoms with Gasteiger partial charge in [0, 0.05) is 12.0 Å². The van der Waals surface area contributed by atoms with Gasteiger partial charge in [0.2, 0.25) is 5.78 Å². The number of imidazole rings is 1. The first-order valence-electron chi connectivity index (χ1n) is 8.24. The van der Waals surface area contributed by atoms with Gasteiger partial charge in [-0.05, 0) is 20.8 Å². The van der Waals surface area contributed by atoms with E-state index >= 15 is 0 Å². The maximum atomic E-state index is 12.8. The lowest BCUT2D eigenvalue weighted by molar-refractivity contribution is 0.0363. The number of rotatable bonds is 3. The molecule has 0 radical (unpaired) electrons. The molecule has 0 amide bonds. The molecule has 0 unspecified atom stereocenters. The second-order valence-electron chi connectivity index (χ2n) is 7.18. The Kier molecular flexibility index (Phi) is 3.89. The molecule has 0 saturated carbocycles. The predicted octanol–water partition coefficient (Wildman–Crippen LogP) is 1.65. The molecule has 1 N–H and O–H groups in total. The minimum atomic E-state index is -0.631. The van der Waals surface area contributed by atoms with Gasteiger partial charge in [-0.3, -0.25) is 9.36 Å². The van der Waals surface area contributed by atoms with Crippen LogP contribution in [0.4, 0.5) is 0 Å². The molecule has 0 bridgehead atoms. The van der Waals surface area contributed by atoms with E-state index in [4.69, 9.17) is 4.74 Å². The zero-order valence-corrected chi connectivity index (χ0v) is 15.2. The third kappa shape index (κ3) is 2.79. The maximum absolute atomic E-state index is 12.8. The number of hydrogen-bond acceptors (Lipinski definition) is 6. The van der Waals surface area contributed by atoms with Gasteiger partial charge in [0.25, 0.3) is 11.4 Å². The monoisotopic (exact) mass is 346 g/mol.